The maximum Gasteiger partial charge on any atom is 0.147 e. The zero-order chi connectivity index (χ0) is 14.1. The molecule has 0 fully saturated rings. The fourth-order valence-corrected chi connectivity index (χ4v) is 3.52. The van der Waals surface area contributed by atoms with Crippen LogP contribution < -0.4 is 5.32 Å². The zero-order valence-electron chi connectivity index (χ0n) is 11.7. The number of fused-ring (bicyclic) bond motifs is 3. The maximum atomic E-state index is 5.05. The van der Waals surface area contributed by atoms with Gasteiger partial charge in [0, 0.05) is 24.7 Å². The molecular weight excluding hydrogens is 272 g/mol. The second-order valence-electron chi connectivity index (χ2n) is 4.68. The number of hydrogen-bond acceptors (Lipinski definition) is 6. The number of methoxy groups -OCH3 is 1. The summed E-state index contributed by atoms with van der Waals surface area (Å²) in [5, 5.41) is 4.42. The maximum absolute atomic E-state index is 5.05. The summed E-state index contributed by atoms with van der Waals surface area (Å²) >= 11 is 1.64. The molecule has 0 aromatic carbocycles. The van der Waals surface area contributed by atoms with Gasteiger partial charge in [-0.1, -0.05) is 0 Å². The summed E-state index contributed by atoms with van der Waals surface area (Å²) in [6.45, 7) is 5.48. The molecule has 3 heterocycles. The number of nitrogens with one attached hydrogen (secondary N) is 1. The number of aryl methyl sites for hydroxylation is 2. The van der Waals surface area contributed by atoms with Crippen molar-refractivity contribution < 1.29 is 4.74 Å². The van der Waals surface area contributed by atoms with E-state index < -0.39 is 0 Å². The standard InChI is InChI=1S/C14H16N4OS/c1-8-6-9(2)18-14-10(8)11-12(20-14)13(17-7-16-11)15-4-5-19-3/h6-7H,4-5H2,1-3H3,(H,15,16,17). The van der Waals surface area contributed by atoms with E-state index in [9.17, 15) is 0 Å². The minimum absolute atomic E-state index is 0.646. The lowest BCUT2D eigenvalue weighted by molar-refractivity contribution is 0.210. The van der Waals surface area contributed by atoms with Crippen LogP contribution >= 0.6 is 11.3 Å². The van der Waals surface area contributed by atoms with E-state index in [1.807, 2.05) is 6.92 Å². The molecule has 0 aliphatic heterocycles. The Morgan fingerprint density at radius 2 is 2.15 bits per heavy atom. The Morgan fingerprint density at radius 3 is 2.95 bits per heavy atom. The SMILES string of the molecule is COCCNc1ncnc2c1sc1nc(C)cc(C)c12. The van der Waals surface area contributed by atoms with Crippen LogP contribution in [0.4, 0.5) is 5.82 Å². The molecule has 0 bridgehead atoms. The van der Waals surface area contributed by atoms with Gasteiger partial charge in [0.2, 0.25) is 0 Å². The van der Waals surface area contributed by atoms with Gasteiger partial charge in [0.25, 0.3) is 0 Å². The molecule has 0 radical (unpaired) electrons. The lowest BCUT2D eigenvalue weighted by Gasteiger charge is -2.04. The van der Waals surface area contributed by atoms with Crippen molar-refractivity contribution in [3.63, 3.8) is 0 Å². The normalized spacial score (nSPS) is 11.3. The van der Waals surface area contributed by atoms with Gasteiger partial charge in [-0.3, -0.25) is 0 Å². The van der Waals surface area contributed by atoms with Gasteiger partial charge in [-0.2, -0.15) is 0 Å². The fraction of sp³-hybridized carbons (Fsp3) is 0.357. The molecule has 0 saturated carbocycles. The van der Waals surface area contributed by atoms with Crippen LogP contribution in [0.1, 0.15) is 11.3 Å². The van der Waals surface area contributed by atoms with Gasteiger partial charge in [-0.15, -0.1) is 11.3 Å². The first-order chi connectivity index (χ1) is 9.70. The van der Waals surface area contributed by atoms with E-state index in [1.165, 1.54) is 5.56 Å². The summed E-state index contributed by atoms with van der Waals surface area (Å²) in [6.07, 6.45) is 1.60. The molecule has 0 unspecified atom stereocenters. The number of nitrogens with zero attached hydrogens (tertiary/aromatic N) is 3. The average Bonchev–Trinajstić information content (AvgIpc) is 2.78. The highest BCUT2D eigenvalue weighted by Gasteiger charge is 2.14. The lowest BCUT2D eigenvalue weighted by Crippen LogP contribution is -2.08. The van der Waals surface area contributed by atoms with Crippen LogP contribution in [0.2, 0.25) is 0 Å². The topological polar surface area (TPSA) is 59.9 Å². The van der Waals surface area contributed by atoms with Crippen molar-refractivity contribution in [2.24, 2.45) is 0 Å². The van der Waals surface area contributed by atoms with Crippen LogP contribution in [-0.2, 0) is 4.74 Å². The highest BCUT2D eigenvalue weighted by Crippen LogP contribution is 2.36. The first kappa shape index (κ1) is 13.2. The van der Waals surface area contributed by atoms with Gasteiger partial charge in [-0.25, -0.2) is 15.0 Å². The lowest BCUT2D eigenvalue weighted by atomic mass is 10.1. The third kappa shape index (κ3) is 2.21. The summed E-state index contributed by atoms with van der Waals surface area (Å²) < 4.78 is 6.11. The third-order valence-electron chi connectivity index (χ3n) is 3.15. The van der Waals surface area contributed by atoms with Crippen molar-refractivity contribution in [3.8, 4) is 0 Å². The second kappa shape index (κ2) is 5.30. The predicted molar refractivity (Wildman–Crippen MR) is 82.6 cm³/mol. The molecule has 1 N–H and O–H groups in total. The van der Waals surface area contributed by atoms with Crippen molar-refractivity contribution in [1.82, 2.24) is 15.0 Å². The molecule has 0 amide bonds. The predicted octanol–water partition coefficient (Wildman–Crippen LogP) is 2.91. The summed E-state index contributed by atoms with van der Waals surface area (Å²) in [6, 6.07) is 2.09. The molecule has 0 saturated heterocycles. The Hall–Kier alpha value is -1.79. The molecule has 5 nitrogen and oxygen atoms in total. The molecule has 104 valence electrons. The zero-order valence-corrected chi connectivity index (χ0v) is 12.5. The first-order valence-corrected chi connectivity index (χ1v) is 7.26. The minimum Gasteiger partial charge on any atom is -0.383 e. The third-order valence-corrected chi connectivity index (χ3v) is 4.23. The Balaban J connectivity index is 2.17. The molecule has 0 aliphatic carbocycles. The monoisotopic (exact) mass is 288 g/mol. The molecule has 0 spiro atoms. The Kier molecular flexibility index (Phi) is 3.50. The van der Waals surface area contributed by atoms with Gasteiger partial charge in [0.1, 0.15) is 17.0 Å². The smallest absolute Gasteiger partial charge is 0.147 e. The largest absolute Gasteiger partial charge is 0.383 e. The van der Waals surface area contributed by atoms with Crippen molar-refractivity contribution in [2.45, 2.75) is 13.8 Å². The van der Waals surface area contributed by atoms with Crippen LogP contribution in [0.15, 0.2) is 12.4 Å². The number of thiophene rings is 1. The Morgan fingerprint density at radius 1 is 1.30 bits per heavy atom. The summed E-state index contributed by atoms with van der Waals surface area (Å²) in [7, 11) is 1.69. The van der Waals surface area contributed by atoms with Crippen molar-refractivity contribution in [1.29, 1.82) is 0 Å². The molecule has 6 heteroatoms. The van der Waals surface area contributed by atoms with Crippen LogP contribution in [0.5, 0.6) is 0 Å². The Bertz CT molecular complexity index is 769. The number of aromatic nitrogens is 3. The molecule has 20 heavy (non-hydrogen) atoms. The van der Waals surface area contributed by atoms with E-state index in [2.05, 4.69) is 33.3 Å². The number of hydrogen-bond donors (Lipinski definition) is 1. The first-order valence-electron chi connectivity index (χ1n) is 6.45. The van der Waals surface area contributed by atoms with Crippen molar-refractivity contribution in [3.05, 3.63) is 23.7 Å². The molecule has 0 atom stereocenters. The summed E-state index contributed by atoms with van der Waals surface area (Å²) in [4.78, 5) is 14.4. The van der Waals surface area contributed by atoms with E-state index in [4.69, 9.17) is 4.74 Å². The Labute approximate surface area is 121 Å². The van der Waals surface area contributed by atoms with E-state index in [1.54, 1.807) is 24.8 Å². The summed E-state index contributed by atoms with van der Waals surface area (Å²) in [5.74, 6) is 0.854. The van der Waals surface area contributed by atoms with Crippen LogP contribution in [0.3, 0.4) is 0 Å². The van der Waals surface area contributed by atoms with Gasteiger partial charge >= 0.3 is 0 Å². The van der Waals surface area contributed by atoms with Crippen LogP contribution in [-0.4, -0.2) is 35.2 Å². The van der Waals surface area contributed by atoms with E-state index in [-0.39, 0.29) is 0 Å². The van der Waals surface area contributed by atoms with E-state index in [0.29, 0.717) is 6.61 Å². The van der Waals surface area contributed by atoms with Crippen LogP contribution in [0.25, 0.3) is 20.4 Å². The van der Waals surface area contributed by atoms with E-state index >= 15 is 0 Å². The van der Waals surface area contributed by atoms with Crippen molar-refractivity contribution in [2.75, 3.05) is 25.6 Å². The second-order valence-corrected chi connectivity index (χ2v) is 5.68. The quantitative estimate of drug-likeness (QED) is 0.748. The molecular formula is C14H16N4OS. The van der Waals surface area contributed by atoms with Crippen LogP contribution in [0, 0.1) is 13.8 Å². The van der Waals surface area contributed by atoms with Crippen molar-refractivity contribution >= 4 is 37.6 Å². The highest BCUT2D eigenvalue weighted by atomic mass is 32.1. The van der Waals surface area contributed by atoms with E-state index in [0.717, 1.165) is 38.5 Å². The van der Waals surface area contributed by atoms with Gasteiger partial charge in [0.05, 0.1) is 16.8 Å². The molecule has 0 aliphatic rings. The number of ether oxygens (including phenoxy) is 1. The van der Waals surface area contributed by atoms with Gasteiger partial charge < -0.3 is 10.1 Å². The minimum atomic E-state index is 0.646. The highest BCUT2D eigenvalue weighted by molar-refractivity contribution is 7.26. The fourth-order valence-electron chi connectivity index (χ4n) is 2.31. The number of pyridine rings is 1. The molecule has 3 aromatic heterocycles. The molecule has 3 rings (SSSR count). The average molecular weight is 288 g/mol. The van der Waals surface area contributed by atoms with Gasteiger partial charge in [-0.05, 0) is 25.5 Å². The van der Waals surface area contributed by atoms with Gasteiger partial charge in [0.15, 0.2) is 0 Å². The summed E-state index contributed by atoms with van der Waals surface area (Å²) in [5.41, 5.74) is 3.22. The number of anilines is 1. The molecule has 3 aromatic rings. The number of rotatable bonds is 4.